The third-order valence-corrected chi connectivity index (χ3v) is 7.36. The van der Waals surface area contributed by atoms with Crippen LogP contribution < -0.4 is 9.80 Å². The predicted molar refractivity (Wildman–Crippen MR) is 125 cm³/mol. The molecule has 1 atom stereocenters. The molecule has 3 aromatic rings. The summed E-state index contributed by atoms with van der Waals surface area (Å²) in [5.74, 6) is 1.43. The van der Waals surface area contributed by atoms with Crippen LogP contribution in [0.5, 0.6) is 0 Å². The molecule has 30 heavy (non-hydrogen) atoms. The number of piperazine rings is 1. The lowest BCUT2D eigenvalue weighted by Gasteiger charge is -2.40. The number of amides is 1. The van der Waals surface area contributed by atoms with Gasteiger partial charge in [-0.15, -0.1) is 11.3 Å². The van der Waals surface area contributed by atoms with Crippen LogP contribution in [0.4, 0.5) is 11.5 Å². The van der Waals surface area contributed by atoms with Gasteiger partial charge in [-0.05, 0) is 48.9 Å². The van der Waals surface area contributed by atoms with E-state index in [0.717, 1.165) is 57.9 Å². The van der Waals surface area contributed by atoms with Gasteiger partial charge < -0.3 is 14.7 Å². The molecule has 0 unspecified atom stereocenters. The van der Waals surface area contributed by atoms with Gasteiger partial charge in [0.2, 0.25) is 5.91 Å². The van der Waals surface area contributed by atoms with Crippen molar-refractivity contribution in [3.63, 3.8) is 0 Å². The molecule has 0 saturated carbocycles. The number of nitrogens with zero attached hydrogens (tertiary/aromatic N) is 4. The van der Waals surface area contributed by atoms with E-state index in [1.165, 1.54) is 21.3 Å². The van der Waals surface area contributed by atoms with Gasteiger partial charge in [0.25, 0.3) is 0 Å². The summed E-state index contributed by atoms with van der Waals surface area (Å²) in [6.07, 6.45) is 3.92. The largest absolute Gasteiger partial charge is 0.368 e. The Balaban J connectivity index is 1.24. The van der Waals surface area contributed by atoms with E-state index in [-0.39, 0.29) is 5.92 Å². The number of anilines is 2. The van der Waals surface area contributed by atoms with Crippen LogP contribution in [0.1, 0.15) is 18.4 Å². The fourth-order valence-corrected chi connectivity index (χ4v) is 5.62. The lowest BCUT2D eigenvalue weighted by molar-refractivity contribution is -0.136. The predicted octanol–water partition coefficient (Wildman–Crippen LogP) is 4.17. The SMILES string of the molecule is Cc1ccccc1N1CCN(C(=O)[C@H]2CCCN(c3nccc4sccc34)C2)CC1. The van der Waals surface area contributed by atoms with Gasteiger partial charge in [-0.25, -0.2) is 4.98 Å². The Morgan fingerprint density at radius 1 is 1.03 bits per heavy atom. The normalized spacial score (nSPS) is 20.0. The summed E-state index contributed by atoms with van der Waals surface area (Å²) < 4.78 is 1.26. The first-order chi connectivity index (χ1) is 14.7. The summed E-state index contributed by atoms with van der Waals surface area (Å²) in [5, 5.41) is 3.33. The molecule has 2 aromatic heterocycles. The molecule has 4 heterocycles. The van der Waals surface area contributed by atoms with Crippen molar-refractivity contribution >= 4 is 38.8 Å². The number of hydrogen-bond acceptors (Lipinski definition) is 5. The van der Waals surface area contributed by atoms with Gasteiger partial charge in [0, 0.05) is 61.2 Å². The highest BCUT2D eigenvalue weighted by atomic mass is 32.1. The summed E-state index contributed by atoms with van der Waals surface area (Å²) in [6.45, 7) is 7.34. The first-order valence-corrected chi connectivity index (χ1v) is 11.8. The number of rotatable bonds is 3. The van der Waals surface area contributed by atoms with Crippen LogP contribution in [0.2, 0.25) is 0 Å². The van der Waals surface area contributed by atoms with Gasteiger partial charge in [-0.3, -0.25) is 4.79 Å². The number of carbonyl (C=O) groups is 1. The molecule has 2 aliphatic rings. The molecular formula is C24H28N4OS. The molecule has 5 nitrogen and oxygen atoms in total. The Labute approximate surface area is 181 Å². The number of benzene rings is 1. The summed E-state index contributed by atoms with van der Waals surface area (Å²) in [5.41, 5.74) is 2.60. The van der Waals surface area contributed by atoms with Crippen molar-refractivity contribution in [2.24, 2.45) is 5.92 Å². The van der Waals surface area contributed by atoms with Gasteiger partial charge in [0.15, 0.2) is 0 Å². The number of fused-ring (bicyclic) bond motifs is 1. The first kappa shape index (κ1) is 19.4. The second-order valence-corrected chi connectivity index (χ2v) is 9.30. The second kappa shape index (κ2) is 8.26. The maximum absolute atomic E-state index is 13.3. The van der Waals surface area contributed by atoms with E-state index in [2.05, 4.69) is 68.4 Å². The number of pyridine rings is 1. The highest BCUT2D eigenvalue weighted by Gasteiger charge is 2.32. The number of carbonyl (C=O) groups excluding carboxylic acids is 1. The van der Waals surface area contributed by atoms with Crippen molar-refractivity contribution in [3.05, 3.63) is 53.5 Å². The molecule has 0 N–H and O–H groups in total. The molecule has 2 aliphatic heterocycles. The minimum atomic E-state index is 0.0689. The minimum Gasteiger partial charge on any atom is -0.368 e. The fourth-order valence-electron chi connectivity index (χ4n) is 4.85. The third-order valence-electron chi connectivity index (χ3n) is 6.48. The maximum Gasteiger partial charge on any atom is 0.227 e. The van der Waals surface area contributed by atoms with Gasteiger partial charge in [-0.2, -0.15) is 0 Å². The molecule has 5 rings (SSSR count). The van der Waals surface area contributed by atoms with Gasteiger partial charge in [0.05, 0.1) is 5.92 Å². The van der Waals surface area contributed by atoms with E-state index < -0.39 is 0 Å². The quantitative estimate of drug-likeness (QED) is 0.638. The monoisotopic (exact) mass is 420 g/mol. The highest BCUT2D eigenvalue weighted by Crippen LogP contribution is 2.32. The Morgan fingerprint density at radius 2 is 1.87 bits per heavy atom. The van der Waals surface area contributed by atoms with Crippen molar-refractivity contribution in [2.75, 3.05) is 49.1 Å². The van der Waals surface area contributed by atoms with Gasteiger partial charge >= 0.3 is 0 Å². The number of aryl methyl sites for hydroxylation is 1. The summed E-state index contributed by atoms with van der Waals surface area (Å²) in [7, 11) is 0. The van der Waals surface area contributed by atoms with Crippen molar-refractivity contribution < 1.29 is 4.79 Å². The van der Waals surface area contributed by atoms with E-state index in [1.807, 2.05) is 6.20 Å². The standard InChI is InChI=1S/C24H28N4OS/c1-18-5-2-3-7-21(18)26-12-14-27(15-13-26)24(29)19-6-4-11-28(17-19)23-20-9-16-30-22(20)8-10-25-23/h2-3,5,7-10,16,19H,4,6,11-15,17H2,1H3/t19-/m0/s1. The molecule has 0 aliphatic carbocycles. The fraction of sp³-hybridized carbons (Fsp3) is 0.417. The molecule has 156 valence electrons. The van der Waals surface area contributed by atoms with Crippen LogP contribution in [-0.2, 0) is 4.79 Å². The van der Waals surface area contributed by atoms with Gasteiger partial charge in [-0.1, -0.05) is 18.2 Å². The van der Waals surface area contributed by atoms with E-state index in [4.69, 9.17) is 0 Å². The molecular weight excluding hydrogens is 392 g/mol. The van der Waals surface area contributed by atoms with Crippen LogP contribution in [0.3, 0.4) is 0 Å². The molecule has 2 fully saturated rings. The smallest absolute Gasteiger partial charge is 0.227 e. The van der Waals surface area contributed by atoms with E-state index >= 15 is 0 Å². The zero-order chi connectivity index (χ0) is 20.5. The summed E-state index contributed by atoms with van der Waals surface area (Å²) in [6, 6.07) is 12.7. The lowest BCUT2D eigenvalue weighted by Crippen LogP contribution is -2.52. The topological polar surface area (TPSA) is 39.7 Å². The molecule has 6 heteroatoms. The third kappa shape index (κ3) is 3.65. The Morgan fingerprint density at radius 3 is 2.70 bits per heavy atom. The number of thiophene rings is 1. The van der Waals surface area contributed by atoms with Crippen LogP contribution in [0, 0.1) is 12.8 Å². The molecule has 0 radical (unpaired) electrons. The Hall–Kier alpha value is -2.60. The number of aromatic nitrogens is 1. The first-order valence-electron chi connectivity index (χ1n) is 10.9. The highest BCUT2D eigenvalue weighted by molar-refractivity contribution is 7.17. The zero-order valence-electron chi connectivity index (χ0n) is 17.5. The number of hydrogen-bond donors (Lipinski definition) is 0. The van der Waals surface area contributed by atoms with Crippen LogP contribution in [-0.4, -0.2) is 55.1 Å². The second-order valence-electron chi connectivity index (χ2n) is 8.35. The summed E-state index contributed by atoms with van der Waals surface area (Å²) >= 11 is 1.75. The number of para-hydroxylation sites is 1. The Kier molecular flexibility index (Phi) is 5.34. The lowest BCUT2D eigenvalue weighted by atomic mass is 9.96. The maximum atomic E-state index is 13.3. The average Bonchev–Trinajstić information content (AvgIpc) is 3.28. The van der Waals surface area contributed by atoms with Crippen LogP contribution >= 0.6 is 11.3 Å². The van der Waals surface area contributed by atoms with Crippen molar-refractivity contribution in [1.82, 2.24) is 9.88 Å². The van der Waals surface area contributed by atoms with Crippen LogP contribution in [0.15, 0.2) is 48.0 Å². The van der Waals surface area contributed by atoms with E-state index in [9.17, 15) is 4.79 Å². The number of piperidine rings is 1. The van der Waals surface area contributed by atoms with E-state index in [0.29, 0.717) is 5.91 Å². The minimum absolute atomic E-state index is 0.0689. The molecule has 2 saturated heterocycles. The van der Waals surface area contributed by atoms with Gasteiger partial charge in [0.1, 0.15) is 5.82 Å². The van der Waals surface area contributed by atoms with E-state index in [1.54, 1.807) is 11.3 Å². The summed E-state index contributed by atoms with van der Waals surface area (Å²) in [4.78, 5) is 24.8. The average molecular weight is 421 g/mol. The van der Waals surface area contributed by atoms with Crippen LogP contribution in [0.25, 0.3) is 10.1 Å². The van der Waals surface area contributed by atoms with Crippen molar-refractivity contribution in [1.29, 1.82) is 0 Å². The molecule has 1 amide bonds. The molecule has 0 spiro atoms. The Bertz CT molecular complexity index is 1040. The van der Waals surface area contributed by atoms with Crippen molar-refractivity contribution in [3.8, 4) is 0 Å². The zero-order valence-corrected chi connectivity index (χ0v) is 18.3. The molecule has 1 aromatic carbocycles. The van der Waals surface area contributed by atoms with Crippen molar-refractivity contribution in [2.45, 2.75) is 19.8 Å². The molecule has 0 bridgehead atoms.